The maximum atomic E-state index is 12.2. The van der Waals surface area contributed by atoms with E-state index in [9.17, 15) is 4.79 Å². The number of aromatic nitrogens is 1. The molecule has 1 heterocycles. The molecule has 0 aliphatic rings. The number of rotatable bonds is 5. The summed E-state index contributed by atoms with van der Waals surface area (Å²) in [5.41, 5.74) is 3.71. The standard InChI is InChI=1S/C15H17ClN4O/c1-10(9-11-5-3-2-4-6-11)18-15(21)14-12(16)7-8-13(19-14)20-17/h2-8,10H,9,17H2,1H3,(H,18,21)(H,19,20). The Bertz CT molecular complexity index is 618. The molecule has 1 atom stereocenters. The van der Waals surface area contributed by atoms with Gasteiger partial charge in [-0.25, -0.2) is 10.8 Å². The average Bonchev–Trinajstić information content (AvgIpc) is 2.48. The maximum Gasteiger partial charge on any atom is 0.271 e. The van der Waals surface area contributed by atoms with Gasteiger partial charge in [-0.15, -0.1) is 0 Å². The summed E-state index contributed by atoms with van der Waals surface area (Å²) in [5, 5.41) is 3.17. The third-order valence-electron chi connectivity index (χ3n) is 2.97. The van der Waals surface area contributed by atoms with Crippen LogP contribution in [0.25, 0.3) is 0 Å². The van der Waals surface area contributed by atoms with Gasteiger partial charge in [-0.05, 0) is 31.0 Å². The third-order valence-corrected chi connectivity index (χ3v) is 3.28. The lowest BCUT2D eigenvalue weighted by Gasteiger charge is -2.14. The van der Waals surface area contributed by atoms with E-state index in [0.29, 0.717) is 10.8 Å². The Labute approximate surface area is 128 Å². The second-order valence-corrected chi connectivity index (χ2v) is 5.14. The fourth-order valence-corrected chi connectivity index (χ4v) is 2.18. The number of nitrogens with zero attached hydrogens (tertiary/aromatic N) is 1. The van der Waals surface area contributed by atoms with Gasteiger partial charge < -0.3 is 10.7 Å². The molecule has 0 saturated carbocycles. The summed E-state index contributed by atoms with van der Waals surface area (Å²) in [6.07, 6.45) is 0.735. The molecule has 21 heavy (non-hydrogen) atoms. The number of nitrogens with two attached hydrogens (primary N) is 1. The van der Waals surface area contributed by atoms with Gasteiger partial charge in [-0.3, -0.25) is 4.79 Å². The number of pyridine rings is 1. The molecule has 0 aliphatic heterocycles. The monoisotopic (exact) mass is 304 g/mol. The van der Waals surface area contributed by atoms with Crippen molar-refractivity contribution in [1.29, 1.82) is 0 Å². The van der Waals surface area contributed by atoms with E-state index < -0.39 is 0 Å². The minimum atomic E-state index is -0.319. The van der Waals surface area contributed by atoms with Crippen molar-refractivity contribution >= 4 is 23.3 Å². The zero-order chi connectivity index (χ0) is 15.2. The van der Waals surface area contributed by atoms with E-state index >= 15 is 0 Å². The normalized spacial score (nSPS) is 11.8. The largest absolute Gasteiger partial charge is 0.348 e. The zero-order valence-electron chi connectivity index (χ0n) is 11.6. The van der Waals surface area contributed by atoms with Crippen LogP contribution in [-0.2, 0) is 6.42 Å². The van der Waals surface area contributed by atoms with Crippen LogP contribution in [0.3, 0.4) is 0 Å². The predicted octanol–water partition coefficient (Wildman–Crippen LogP) is 2.38. The Balaban J connectivity index is 2.04. The van der Waals surface area contributed by atoms with Gasteiger partial charge in [-0.1, -0.05) is 41.9 Å². The van der Waals surface area contributed by atoms with Gasteiger partial charge >= 0.3 is 0 Å². The maximum absolute atomic E-state index is 12.2. The summed E-state index contributed by atoms with van der Waals surface area (Å²) in [6.45, 7) is 1.93. The summed E-state index contributed by atoms with van der Waals surface area (Å²) < 4.78 is 0. The van der Waals surface area contributed by atoms with E-state index in [1.807, 2.05) is 37.3 Å². The number of nitrogen functional groups attached to an aromatic ring is 1. The van der Waals surface area contributed by atoms with Crippen LogP contribution in [0.4, 0.5) is 5.82 Å². The van der Waals surface area contributed by atoms with E-state index in [-0.39, 0.29) is 17.6 Å². The lowest BCUT2D eigenvalue weighted by molar-refractivity contribution is 0.0935. The molecule has 5 nitrogen and oxygen atoms in total. The molecule has 4 N–H and O–H groups in total. The van der Waals surface area contributed by atoms with Crippen LogP contribution in [0, 0.1) is 0 Å². The number of nitrogens with one attached hydrogen (secondary N) is 2. The average molecular weight is 305 g/mol. The second kappa shape index (κ2) is 7.06. The Morgan fingerprint density at radius 3 is 2.67 bits per heavy atom. The highest BCUT2D eigenvalue weighted by Gasteiger charge is 2.15. The number of benzene rings is 1. The summed E-state index contributed by atoms with van der Waals surface area (Å²) >= 11 is 6.00. The van der Waals surface area contributed by atoms with E-state index in [4.69, 9.17) is 17.4 Å². The zero-order valence-corrected chi connectivity index (χ0v) is 12.4. The molecule has 1 aromatic heterocycles. The van der Waals surface area contributed by atoms with E-state index in [2.05, 4.69) is 15.7 Å². The van der Waals surface area contributed by atoms with Crippen molar-refractivity contribution in [2.75, 3.05) is 5.43 Å². The molecular formula is C15H17ClN4O. The SMILES string of the molecule is CC(Cc1ccccc1)NC(=O)c1nc(NN)ccc1Cl. The van der Waals surface area contributed by atoms with Crippen molar-refractivity contribution in [3.05, 3.63) is 58.7 Å². The second-order valence-electron chi connectivity index (χ2n) is 4.74. The molecule has 0 saturated heterocycles. The highest BCUT2D eigenvalue weighted by Crippen LogP contribution is 2.16. The van der Waals surface area contributed by atoms with Crippen LogP contribution in [0.15, 0.2) is 42.5 Å². The minimum Gasteiger partial charge on any atom is -0.348 e. The quantitative estimate of drug-likeness (QED) is 0.585. The number of carbonyl (C=O) groups is 1. The summed E-state index contributed by atoms with van der Waals surface area (Å²) in [5.74, 6) is 5.36. The molecule has 1 amide bonds. The Hall–Kier alpha value is -2.11. The van der Waals surface area contributed by atoms with Crippen LogP contribution in [0.2, 0.25) is 5.02 Å². The number of halogens is 1. The number of hydrogen-bond acceptors (Lipinski definition) is 4. The van der Waals surface area contributed by atoms with Crippen molar-refractivity contribution in [3.8, 4) is 0 Å². The molecule has 2 rings (SSSR count). The molecule has 6 heteroatoms. The molecule has 1 unspecified atom stereocenters. The first-order chi connectivity index (χ1) is 10.1. The van der Waals surface area contributed by atoms with Gasteiger partial charge in [0, 0.05) is 6.04 Å². The number of anilines is 1. The highest BCUT2D eigenvalue weighted by molar-refractivity contribution is 6.33. The first kappa shape index (κ1) is 15.3. The Morgan fingerprint density at radius 2 is 2.00 bits per heavy atom. The van der Waals surface area contributed by atoms with Gasteiger partial charge in [-0.2, -0.15) is 0 Å². The van der Waals surface area contributed by atoms with E-state index in [1.54, 1.807) is 12.1 Å². The number of hydrazine groups is 1. The Kier molecular flexibility index (Phi) is 5.14. The fourth-order valence-electron chi connectivity index (χ4n) is 1.99. The van der Waals surface area contributed by atoms with Crippen molar-refractivity contribution < 1.29 is 4.79 Å². The number of hydrogen-bond donors (Lipinski definition) is 3. The summed E-state index contributed by atoms with van der Waals surface area (Å²) in [4.78, 5) is 16.3. The lowest BCUT2D eigenvalue weighted by Crippen LogP contribution is -2.35. The molecule has 2 aromatic rings. The molecule has 110 valence electrons. The third kappa shape index (κ3) is 4.18. The molecule has 0 fully saturated rings. The van der Waals surface area contributed by atoms with Gasteiger partial charge in [0.25, 0.3) is 5.91 Å². The lowest BCUT2D eigenvalue weighted by atomic mass is 10.1. The van der Waals surface area contributed by atoms with Gasteiger partial charge in [0.15, 0.2) is 0 Å². The van der Waals surface area contributed by atoms with Gasteiger partial charge in [0.1, 0.15) is 11.5 Å². The van der Waals surface area contributed by atoms with E-state index in [0.717, 1.165) is 12.0 Å². The van der Waals surface area contributed by atoms with Crippen molar-refractivity contribution in [2.24, 2.45) is 5.84 Å². The smallest absolute Gasteiger partial charge is 0.271 e. The minimum absolute atomic E-state index is 0.0349. The van der Waals surface area contributed by atoms with E-state index in [1.165, 1.54) is 0 Å². The summed E-state index contributed by atoms with van der Waals surface area (Å²) in [6, 6.07) is 13.1. The Morgan fingerprint density at radius 1 is 1.29 bits per heavy atom. The van der Waals surface area contributed by atoms with Crippen molar-refractivity contribution in [3.63, 3.8) is 0 Å². The molecule has 0 aliphatic carbocycles. The van der Waals surface area contributed by atoms with Gasteiger partial charge in [0.2, 0.25) is 0 Å². The van der Waals surface area contributed by atoms with Crippen LogP contribution in [0.1, 0.15) is 23.0 Å². The molecule has 0 spiro atoms. The fraction of sp³-hybridized carbons (Fsp3) is 0.200. The van der Waals surface area contributed by atoms with Crippen LogP contribution in [0.5, 0.6) is 0 Å². The van der Waals surface area contributed by atoms with Crippen LogP contribution < -0.4 is 16.6 Å². The highest BCUT2D eigenvalue weighted by atomic mass is 35.5. The van der Waals surface area contributed by atoms with Crippen molar-refractivity contribution in [2.45, 2.75) is 19.4 Å². The first-order valence-corrected chi connectivity index (χ1v) is 6.96. The first-order valence-electron chi connectivity index (χ1n) is 6.58. The molecule has 0 bridgehead atoms. The topological polar surface area (TPSA) is 80.0 Å². The van der Waals surface area contributed by atoms with Crippen LogP contribution >= 0.6 is 11.6 Å². The number of carbonyl (C=O) groups excluding carboxylic acids is 1. The molecule has 0 radical (unpaired) electrons. The number of amides is 1. The summed E-state index contributed by atoms with van der Waals surface area (Å²) in [7, 11) is 0. The van der Waals surface area contributed by atoms with Crippen molar-refractivity contribution in [1.82, 2.24) is 10.3 Å². The van der Waals surface area contributed by atoms with Gasteiger partial charge in [0.05, 0.1) is 5.02 Å². The predicted molar refractivity (Wildman–Crippen MR) is 84.1 cm³/mol. The molecular weight excluding hydrogens is 288 g/mol. The molecule has 1 aromatic carbocycles. The van der Waals surface area contributed by atoms with Crippen LogP contribution in [-0.4, -0.2) is 16.9 Å².